The Labute approximate surface area is 183 Å². The first-order chi connectivity index (χ1) is 14.1. The molecule has 1 N–H and O–H groups in total. The zero-order valence-electron chi connectivity index (χ0n) is 17.9. The maximum atomic E-state index is 12.8. The summed E-state index contributed by atoms with van der Waals surface area (Å²) in [5.74, 6) is 0.594. The first kappa shape index (κ1) is 22.8. The Kier molecular flexibility index (Phi) is 6.89. The molecule has 1 aromatic carbocycles. The van der Waals surface area contributed by atoms with Gasteiger partial charge in [-0.05, 0) is 54.3 Å². The Balaban J connectivity index is 1.51. The second kappa shape index (κ2) is 9.08. The van der Waals surface area contributed by atoms with E-state index in [0.29, 0.717) is 35.9 Å². The van der Waals surface area contributed by atoms with Crippen molar-refractivity contribution in [3.63, 3.8) is 0 Å². The van der Waals surface area contributed by atoms with Crippen molar-refractivity contribution < 1.29 is 17.9 Å². The number of sulfonamides is 1. The number of rotatable bonds is 6. The summed E-state index contributed by atoms with van der Waals surface area (Å²) in [7, 11) is -3.49. The van der Waals surface area contributed by atoms with Crippen LogP contribution in [-0.2, 0) is 20.2 Å². The Morgan fingerprint density at radius 3 is 2.33 bits per heavy atom. The van der Waals surface area contributed by atoms with E-state index in [4.69, 9.17) is 4.74 Å². The molecule has 164 valence electrons. The van der Waals surface area contributed by atoms with E-state index in [9.17, 15) is 13.2 Å². The third-order valence-electron chi connectivity index (χ3n) is 5.27. The van der Waals surface area contributed by atoms with Crippen molar-refractivity contribution in [1.82, 2.24) is 9.62 Å². The van der Waals surface area contributed by atoms with Crippen LogP contribution in [0.4, 0.5) is 0 Å². The van der Waals surface area contributed by atoms with E-state index in [0.717, 1.165) is 0 Å². The van der Waals surface area contributed by atoms with Gasteiger partial charge in [-0.1, -0.05) is 39.0 Å². The fourth-order valence-electron chi connectivity index (χ4n) is 3.46. The van der Waals surface area contributed by atoms with Gasteiger partial charge in [-0.15, -0.1) is 11.3 Å². The number of benzene rings is 1. The average Bonchev–Trinajstić information content (AvgIpc) is 3.23. The molecule has 3 rings (SSSR count). The number of carbonyl (C=O) groups excluding carboxylic acids is 1. The Bertz CT molecular complexity index is 940. The molecule has 0 radical (unpaired) electrons. The highest BCUT2D eigenvalue weighted by molar-refractivity contribution is 7.91. The number of amides is 1. The van der Waals surface area contributed by atoms with E-state index in [-0.39, 0.29) is 17.4 Å². The molecule has 8 heteroatoms. The molecule has 0 aliphatic carbocycles. The fraction of sp³-hybridized carbons (Fsp3) is 0.500. The minimum atomic E-state index is -3.49. The molecule has 0 spiro atoms. The van der Waals surface area contributed by atoms with Gasteiger partial charge in [-0.3, -0.25) is 4.79 Å². The minimum Gasteiger partial charge on any atom is -0.481 e. The van der Waals surface area contributed by atoms with E-state index < -0.39 is 16.1 Å². The summed E-state index contributed by atoms with van der Waals surface area (Å²) in [5, 5.41) is 1.74. The van der Waals surface area contributed by atoms with Gasteiger partial charge in [0.2, 0.25) is 10.0 Å². The lowest BCUT2D eigenvalue weighted by molar-refractivity contribution is -0.139. The highest BCUT2D eigenvalue weighted by Crippen LogP contribution is 2.25. The van der Waals surface area contributed by atoms with E-state index in [2.05, 4.69) is 25.5 Å². The summed E-state index contributed by atoms with van der Waals surface area (Å²) in [6.07, 6.45) is 0.581. The van der Waals surface area contributed by atoms with E-state index in [1.165, 1.54) is 16.9 Å². The summed E-state index contributed by atoms with van der Waals surface area (Å²) in [6.45, 7) is 9.23. The van der Waals surface area contributed by atoms with Gasteiger partial charge in [0.1, 0.15) is 9.96 Å². The molecule has 6 nitrogen and oxygen atoms in total. The van der Waals surface area contributed by atoms with Crippen LogP contribution in [0, 0.1) is 0 Å². The Morgan fingerprint density at radius 2 is 1.80 bits per heavy atom. The third kappa shape index (κ3) is 5.62. The minimum absolute atomic E-state index is 0.0648. The molecule has 1 atom stereocenters. The molecule has 2 aromatic rings. The predicted molar refractivity (Wildman–Crippen MR) is 119 cm³/mol. The molecule has 1 amide bonds. The number of thiophene rings is 1. The van der Waals surface area contributed by atoms with Crippen molar-refractivity contribution in [2.24, 2.45) is 0 Å². The summed E-state index contributed by atoms with van der Waals surface area (Å²) in [5.41, 5.74) is 1.27. The lowest BCUT2D eigenvalue weighted by Gasteiger charge is -2.33. The zero-order valence-corrected chi connectivity index (χ0v) is 19.6. The number of hydrogen-bond donors (Lipinski definition) is 1. The van der Waals surface area contributed by atoms with Gasteiger partial charge in [-0.25, -0.2) is 13.1 Å². The van der Waals surface area contributed by atoms with Crippen LogP contribution >= 0.6 is 11.3 Å². The first-order valence-electron chi connectivity index (χ1n) is 10.2. The van der Waals surface area contributed by atoms with Crippen LogP contribution in [0.1, 0.15) is 46.1 Å². The lowest BCUT2D eigenvalue weighted by Crippen LogP contribution is -2.49. The number of ether oxygens (including phenoxy) is 1. The molecule has 0 saturated carbocycles. The zero-order chi connectivity index (χ0) is 21.9. The van der Waals surface area contributed by atoms with E-state index in [1.54, 1.807) is 29.3 Å². The monoisotopic (exact) mass is 450 g/mol. The van der Waals surface area contributed by atoms with Crippen LogP contribution in [0.25, 0.3) is 0 Å². The van der Waals surface area contributed by atoms with Crippen LogP contribution in [0.15, 0.2) is 46.0 Å². The highest BCUT2D eigenvalue weighted by Gasteiger charge is 2.29. The molecule has 1 aliphatic heterocycles. The van der Waals surface area contributed by atoms with Crippen molar-refractivity contribution in [3.05, 3.63) is 47.3 Å². The van der Waals surface area contributed by atoms with Crippen molar-refractivity contribution in [2.45, 2.75) is 62.3 Å². The number of piperidine rings is 1. The van der Waals surface area contributed by atoms with Crippen molar-refractivity contribution in [2.75, 3.05) is 13.1 Å². The number of likely N-dealkylation sites (tertiary alicyclic amines) is 1. The maximum Gasteiger partial charge on any atom is 0.263 e. The van der Waals surface area contributed by atoms with Crippen LogP contribution in [0.5, 0.6) is 5.75 Å². The smallest absolute Gasteiger partial charge is 0.263 e. The molecule has 30 heavy (non-hydrogen) atoms. The normalized spacial score (nSPS) is 17.0. The van der Waals surface area contributed by atoms with Gasteiger partial charge in [-0.2, -0.15) is 0 Å². The molecule has 1 aromatic heterocycles. The molecule has 1 saturated heterocycles. The predicted octanol–water partition coefficient (Wildman–Crippen LogP) is 3.78. The van der Waals surface area contributed by atoms with Gasteiger partial charge in [0, 0.05) is 19.1 Å². The lowest BCUT2D eigenvalue weighted by atomic mass is 9.87. The summed E-state index contributed by atoms with van der Waals surface area (Å²) in [6, 6.07) is 11.0. The molecule has 0 bridgehead atoms. The largest absolute Gasteiger partial charge is 0.481 e. The molecular weight excluding hydrogens is 420 g/mol. The number of nitrogens with one attached hydrogen (secondary N) is 1. The van der Waals surface area contributed by atoms with Gasteiger partial charge in [0.05, 0.1) is 0 Å². The first-order valence-corrected chi connectivity index (χ1v) is 12.5. The maximum absolute atomic E-state index is 12.8. The summed E-state index contributed by atoms with van der Waals surface area (Å²) in [4.78, 5) is 14.5. The van der Waals surface area contributed by atoms with Gasteiger partial charge >= 0.3 is 0 Å². The number of carbonyl (C=O) groups is 1. The van der Waals surface area contributed by atoms with Crippen LogP contribution in [-0.4, -0.2) is 44.5 Å². The molecule has 0 unspecified atom stereocenters. The van der Waals surface area contributed by atoms with Crippen LogP contribution < -0.4 is 9.46 Å². The van der Waals surface area contributed by atoms with Crippen molar-refractivity contribution in [1.29, 1.82) is 0 Å². The number of nitrogens with zero attached hydrogens (tertiary/aromatic N) is 1. The molecule has 2 heterocycles. The number of hydrogen-bond acceptors (Lipinski definition) is 5. The van der Waals surface area contributed by atoms with Crippen LogP contribution in [0.2, 0.25) is 0 Å². The van der Waals surface area contributed by atoms with E-state index >= 15 is 0 Å². The van der Waals surface area contributed by atoms with Gasteiger partial charge in [0.25, 0.3) is 5.91 Å². The SMILES string of the molecule is C[C@H](Oc1ccc(C(C)(C)C)cc1)C(=O)N1CCC(NS(=O)(=O)c2cccs2)CC1. The summed E-state index contributed by atoms with van der Waals surface area (Å²) >= 11 is 1.20. The quantitative estimate of drug-likeness (QED) is 0.727. The second-order valence-corrected chi connectivity index (χ2v) is 11.6. The standard InChI is InChI=1S/C22H30N2O4S2/c1-16(28-19-9-7-17(8-10-19)22(2,3)4)21(25)24-13-11-18(12-14-24)23-30(26,27)20-6-5-15-29-20/h5-10,15-16,18,23H,11-14H2,1-4H3/t16-/m0/s1. The summed E-state index contributed by atoms with van der Waals surface area (Å²) < 4.78 is 33.7. The van der Waals surface area contributed by atoms with Crippen molar-refractivity contribution in [3.8, 4) is 5.75 Å². The Morgan fingerprint density at radius 1 is 1.17 bits per heavy atom. The third-order valence-corrected chi connectivity index (χ3v) is 8.19. The van der Waals surface area contributed by atoms with Crippen molar-refractivity contribution >= 4 is 27.3 Å². The van der Waals surface area contributed by atoms with Gasteiger partial charge in [0.15, 0.2) is 6.10 Å². The Hall–Kier alpha value is -1.90. The molecular formula is C22H30N2O4S2. The van der Waals surface area contributed by atoms with E-state index in [1.807, 2.05) is 24.3 Å². The van der Waals surface area contributed by atoms with Crippen LogP contribution in [0.3, 0.4) is 0 Å². The topological polar surface area (TPSA) is 75.7 Å². The fourth-order valence-corrected chi connectivity index (χ4v) is 5.77. The molecule has 1 aliphatic rings. The second-order valence-electron chi connectivity index (χ2n) is 8.69. The highest BCUT2D eigenvalue weighted by atomic mass is 32.2. The molecule has 1 fully saturated rings. The average molecular weight is 451 g/mol. The van der Waals surface area contributed by atoms with Gasteiger partial charge < -0.3 is 9.64 Å².